The molecule has 0 atom stereocenters. The Hall–Kier alpha value is -2.74. The monoisotopic (exact) mass is 258 g/mol. The van der Waals surface area contributed by atoms with E-state index < -0.39 is 0 Å². The van der Waals surface area contributed by atoms with Gasteiger partial charge in [0.1, 0.15) is 0 Å². The van der Waals surface area contributed by atoms with Crippen LogP contribution >= 0.6 is 0 Å². The van der Waals surface area contributed by atoms with Gasteiger partial charge in [-0.2, -0.15) is 0 Å². The Morgan fingerprint density at radius 1 is 0.500 bits per heavy atom. The maximum Gasteiger partial charge on any atom is 0.0626 e. The topological polar surface area (TPSA) is 47.7 Å². The third-order valence-corrected chi connectivity index (χ3v) is 3.33. The van der Waals surface area contributed by atoms with Crippen LogP contribution in [0.2, 0.25) is 0 Å². The first-order valence-electron chi connectivity index (χ1n) is 6.48. The van der Waals surface area contributed by atoms with Crippen molar-refractivity contribution < 1.29 is 0 Å². The van der Waals surface area contributed by atoms with Gasteiger partial charge in [-0.05, 0) is 23.3 Å². The Bertz CT molecular complexity index is 659. The Morgan fingerprint density at radius 3 is 1.20 bits per heavy atom. The standard InChI is InChI=1S/C18H14N2/c19-15-11-12-16(20)18(14-9-5-2-6-10-14)17(15)13-7-3-1-4-8-13/h1-12,19-20H. The van der Waals surface area contributed by atoms with Crippen LogP contribution in [0.4, 0.5) is 0 Å². The van der Waals surface area contributed by atoms with Gasteiger partial charge >= 0.3 is 0 Å². The molecule has 0 aromatic heterocycles. The number of hydrogen-bond donors (Lipinski definition) is 2. The molecule has 0 fully saturated rings. The van der Waals surface area contributed by atoms with Crippen LogP contribution in [0.5, 0.6) is 0 Å². The molecule has 2 aromatic rings. The summed E-state index contributed by atoms with van der Waals surface area (Å²) < 4.78 is 0. The molecule has 0 radical (unpaired) electrons. The first kappa shape index (κ1) is 12.3. The largest absolute Gasteiger partial charge is 0.300 e. The smallest absolute Gasteiger partial charge is 0.0626 e. The second kappa shape index (κ2) is 5.10. The molecule has 20 heavy (non-hydrogen) atoms. The molecular formula is C18H14N2. The lowest BCUT2D eigenvalue weighted by molar-refractivity contribution is 1.49. The Balaban J connectivity index is 2.27. The minimum absolute atomic E-state index is 0.450. The van der Waals surface area contributed by atoms with Crippen molar-refractivity contribution in [2.75, 3.05) is 0 Å². The summed E-state index contributed by atoms with van der Waals surface area (Å²) in [6, 6.07) is 19.7. The fourth-order valence-electron chi connectivity index (χ4n) is 2.41. The van der Waals surface area contributed by atoms with Crippen molar-refractivity contribution in [1.29, 1.82) is 10.8 Å². The van der Waals surface area contributed by atoms with Crippen LogP contribution < -0.4 is 0 Å². The molecule has 2 heteroatoms. The summed E-state index contributed by atoms with van der Waals surface area (Å²) in [4.78, 5) is 0. The minimum Gasteiger partial charge on any atom is -0.300 e. The number of benzene rings is 2. The molecule has 0 heterocycles. The number of rotatable bonds is 2. The molecule has 0 saturated heterocycles. The predicted octanol–water partition coefficient (Wildman–Crippen LogP) is 4.21. The van der Waals surface area contributed by atoms with E-state index in [1.54, 1.807) is 12.2 Å². The molecule has 0 amide bonds. The summed E-state index contributed by atoms with van der Waals surface area (Å²) in [5.41, 5.74) is 4.50. The van der Waals surface area contributed by atoms with Gasteiger partial charge in [-0.25, -0.2) is 0 Å². The summed E-state index contributed by atoms with van der Waals surface area (Å²) in [5.74, 6) is 0. The SMILES string of the molecule is N=C1C=CC(=N)C(c2ccccc2)=C1c1ccccc1. The molecule has 1 aliphatic rings. The number of allylic oxidation sites excluding steroid dienone is 4. The summed E-state index contributed by atoms with van der Waals surface area (Å²) in [5, 5.41) is 16.4. The second-order valence-corrected chi connectivity index (χ2v) is 4.64. The van der Waals surface area contributed by atoms with E-state index in [0.717, 1.165) is 22.3 Å². The Kier molecular flexibility index (Phi) is 3.13. The van der Waals surface area contributed by atoms with Crippen LogP contribution in [-0.4, -0.2) is 11.4 Å². The summed E-state index contributed by atoms with van der Waals surface area (Å²) in [6.07, 6.45) is 3.38. The molecule has 0 aliphatic heterocycles. The van der Waals surface area contributed by atoms with E-state index in [-0.39, 0.29) is 0 Å². The third-order valence-electron chi connectivity index (χ3n) is 3.33. The van der Waals surface area contributed by atoms with E-state index in [1.165, 1.54) is 0 Å². The van der Waals surface area contributed by atoms with Crippen molar-refractivity contribution in [2.45, 2.75) is 0 Å². The van der Waals surface area contributed by atoms with Crippen molar-refractivity contribution in [3.8, 4) is 0 Å². The first-order chi connectivity index (χ1) is 9.77. The average Bonchev–Trinajstić information content (AvgIpc) is 2.51. The molecule has 0 unspecified atom stereocenters. The van der Waals surface area contributed by atoms with Gasteiger partial charge in [-0.15, -0.1) is 0 Å². The second-order valence-electron chi connectivity index (χ2n) is 4.64. The summed E-state index contributed by atoms with van der Waals surface area (Å²) in [7, 11) is 0. The maximum absolute atomic E-state index is 8.21. The van der Waals surface area contributed by atoms with E-state index in [9.17, 15) is 0 Å². The number of nitrogens with one attached hydrogen (secondary N) is 2. The van der Waals surface area contributed by atoms with Gasteiger partial charge in [-0.1, -0.05) is 60.7 Å². The highest BCUT2D eigenvalue weighted by Gasteiger charge is 2.20. The van der Waals surface area contributed by atoms with Gasteiger partial charge in [0, 0.05) is 11.1 Å². The fraction of sp³-hybridized carbons (Fsp3) is 0. The van der Waals surface area contributed by atoms with Crippen molar-refractivity contribution in [3.05, 3.63) is 83.9 Å². The predicted molar refractivity (Wildman–Crippen MR) is 84.3 cm³/mol. The molecule has 2 nitrogen and oxygen atoms in total. The summed E-state index contributed by atoms with van der Waals surface area (Å²) >= 11 is 0. The van der Waals surface area contributed by atoms with Crippen LogP contribution in [0.15, 0.2) is 72.8 Å². The Labute approximate surface area is 118 Å². The molecule has 2 N–H and O–H groups in total. The highest BCUT2D eigenvalue weighted by molar-refractivity contribution is 6.49. The third kappa shape index (κ3) is 2.12. The molecule has 96 valence electrons. The van der Waals surface area contributed by atoms with E-state index >= 15 is 0 Å². The average molecular weight is 258 g/mol. The minimum atomic E-state index is 0.450. The normalized spacial score (nSPS) is 14.8. The van der Waals surface area contributed by atoms with Crippen LogP contribution in [0, 0.1) is 10.8 Å². The lowest BCUT2D eigenvalue weighted by Crippen LogP contribution is -2.12. The van der Waals surface area contributed by atoms with E-state index in [1.807, 2.05) is 60.7 Å². The van der Waals surface area contributed by atoms with Gasteiger partial charge in [0.2, 0.25) is 0 Å². The molecule has 0 saturated carbocycles. The highest BCUT2D eigenvalue weighted by Crippen LogP contribution is 2.31. The molecule has 0 spiro atoms. The van der Waals surface area contributed by atoms with E-state index in [0.29, 0.717) is 11.4 Å². The zero-order valence-electron chi connectivity index (χ0n) is 10.9. The first-order valence-corrected chi connectivity index (χ1v) is 6.48. The van der Waals surface area contributed by atoms with Crippen molar-refractivity contribution in [2.24, 2.45) is 0 Å². The van der Waals surface area contributed by atoms with E-state index in [4.69, 9.17) is 10.8 Å². The van der Waals surface area contributed by atoms with Crippen LogP contribution in [0.3, 0.4) is 0 Å². The maximum atomic E-state index is 8.21. The van der Waals surface area contributed by atoms with Crippen LogP contribution in [-0.2, 0) is 0 Å². The molecule has 0 bridgehead atoms. The zero-order valence-corrected chi connectivity index (χ0v) is 10.9. The van der Waals surface area contributed by atoms with Gasteiger partial charge in [0.15, 0.2) is 0 Å². The van der Waals surface area contributed by atoms with Gasteiger partial charge in [0.25, 0.3) is 0 Å². The molecule has 3 rings (SSSR count). The van der Waals surface area contributed by atoms with Crippen LogP contribution in [0.25, 0.3) is 11.1 Å². The lowest BCUT2D eigenvalue weighted by Gasteiger charge is -2.19. The van der Waals surface area contributed by atoms with Gasteiger partial charge in [0.05, 0.1) is 11.4 Å². The zero-order chi connectivity index (χ0) is 13.9. The molecular weight excluding hydrogens is 244 g/mol. The fourth-order valence-corrected chi connectivity index (χ4v) is 2.41. The molecule has 1 aliphatic carbocycles. The van der Waals surface area contributed by atoms with Crippen molar-refractivity contribution in [3.63, 3.8) is 0 Å². The Morgan fingerprint density at radius 2 is 0.850 bits per heavy atom. The quantitative estimate of drug-likeness (QED) is 0.758. The summed E-state index contributed by atoms with van der Waals surface area (Å²) in [6.45, 7) is 0. The van der Waals surface area contributed by atoms with E-state index in [2.05, 4.69) is 0 Å². The molecule has 2 aromatic carbocycles. The van der Waals surface area contributed by atoms with Crippen molar-refractivity contribution >= 4 is 22.6 Å². The van der Waals surface area contributed by atoms with Crippen molar-refractivity contribution in [1.82, 2.24) is 0 Å². The number of hydrogen-bond acceptors (Lipinski definition) is 2. The highest BCUT2D eigenvalue weighted by atomic mass is 14.5. The van der Waals surface area contributed by atoms with Gasteiger partial charge < -0.3 is 10.8 Å². The lowest BCUT2D eigenvalue weighted by atomic mass is 9.85. The van der Waals surface area contributed by atoms with Crippen LogP contribution in [0.1, 0.15) is 11.1 Å². The van der Waals surface area contributed by atoms with Gasteiger partial charge in [-0.3, -0.25) is 0 Å².